The lowest BCUT2D eigenvalue weighted by Crippen LogP contribution is -2.32. The molecule has 0 unspecified atom stereocenters. The molecule has 0 aliphatic carbocycles. The van der Waals surface area contributed by atoms with Gasteiger partial charge in [-0.2, -0.15) is 0 Å². The van der Waals surface area contributed by atoms with E-state index < -0.39 is 0 Å². The monoisotopic (exact) mass is 428 g/mol. The standard InChI is InChI=1S/C27H30N2O.C2H6/c1-21-7-9-23(10-8-21)20-29-17-15-25(16-18-29)24-13-11-22(12-14-24)19-28-27(30)26-5-3-2-4-6-26;1-2/h2-14,25H,15-20H2,1H3,(H,28,30);1-2H3. The first kappa shape index (κ1) is 23.7. The van der Waals surface area contributed by atoms with Gasteiger partial charge in [-0.3, -0.25) is 9.69 Å². The minimum Gasteiger partial charge on any atom is -0.348 e. The van der Waals surface area contributed by atoms with Crippen molar-refractivity contribution in [1.82, 2.24) is 10.2 Å². The van der Waals surface area contributed by atoms with Crippen LogP contribution in [0.5, 0.6) is 0 Å². The van der Waals surface area contributed by atoms with Gasteiger partial charge in [-0.15, -0.1) is 0 Å². The Morgan fingerprint density at radius 2 is 1.44 bits per heavy atom. The molecule has 3 nitrogen and oxygen atoms in total. The van der Waals surface area contributed by atoms with Gasteiger partial charge in [0.05, 0.1) is 0 Å². The summed E-state index contributed by atoms with van der Waals surface area (Å²) in [6, 6.07) is 27.0. The number of nitrogens with zero attached hydrogens (tertiary/aromatic N) is 1. The van der Waals surface area contributed by atoms with Gasteiger partial charge in [-0.25, -0.2) is 0 Å². The van der Waals surface area contributed by atoms with Gasteiger partial charge in [-0.05, 0) is 67.6 Å². The molecule has 1 fully saturated rings. The number of benzene rings is 3. The quantitative estimate of drug-likeness (QED) is 0.497. The van der Waals surface area contributed by atoms with Gasteiger partial charge in [0.25, 0.3) is 5.91 Å². The van der Waals surface area contributed by atoms with Crippen LogP contribution in [0.2, 0.25) is 0 Å². The van der Waals surface area contributed by atoms with Crippen LogP contribution in [0.1, 0.15) is 65.2 Å². The molecule has 0 radical (unpaired) electrons. The number of rotatable bonds is 6. The summed E-state index contributed by atoms with van der Waals surface area (Å²) in [5, 5.41) is 3.00. The predicted octanol–water partition coefficient (Wildman–Crippen LogP) is 6.33. The molecular formula is C29H36N2O. The first-order valence-corrected chi connectivity index (χ1v) is 11.9. The van der Waals surface area contributed by atoms with Crippen molar-refractivity contribution < 1.29 is 4.79 Å². The molecule has 1 aliphatic heterocycles. The van der Waals surface area contributed by atoms with Gasteiger partial charge in [0.15, 0.2) is 0 Å². The van der Waals surface area contributed by atoms with Crippen LogP contribution in [0.4, 0.5) is 0 Å². The lowest BCUT2D eigenvalue weighted by Gasteiger charge is -2.32. The fourth-order valence-electron chi connectivity index (χ4n) is 4.16. The van der Waals surface area contributed by atoms with Gasteiger partial charge in [0, 0.05) is 18.7 Å². The van der Waals surface area contributed by atoms with E-state index in [0.29, 0.717) is 18.0 Å². The van der Waals surface area contributed by atoms with E-state index in [0.717, 1.165) is 25.2 Å². The van der Waals surface area contributed by atoms with Crippen LogP contribution in [0, 0.1) is 6.92 Å². The highest BCUT2D eigenvalue weighted by Crippen LogP contribution is 2.29. The van der Waals surface area contributed by atoms with Crippen molar-refractivity contribution in [2.45, 2.75) is 52.6 Å². The van der Waals surface area contributed by atoms with Crippen molar-refractivity contribution in [3.63, 3.8) is 0 Å². The van der Waals surface area contributed by atoms with Crippen LogP contribution in [0.25, 0.3) is 0 Å². The van der Waals surface area contributed by atoms with E-state index in [1.807, 2.05) is 44.2 Å². The maximum Gasteiger partial charge on any atom is 0.251 e. The molecule has 0 atom stereocenters. The number of hydrogen-bond acceptors (Lipinski definition) is 2. The Morgan fingerprint density at radius 3 is 2.06 bits per heavy atom. The van der Waals surface area contributed by atoms with Crippen LogP contribution < -0.4 is 5.32 Å². The summed E-state index contributed by atoms with van der Waals surface area (Å²) in [5.41, 5.74) is 5.98. The third-order valence-electron chi connectivity index (χ3n) is 6.05. The molecule has 168 valence electrons. The molecule has 0 saturated carbocycles. The summed E-state index contributed by atoms with van der Waals surface area (Å²) >= 11 is 0. The average Bonchev–Trinajstić information content (AvgIpc) is 2.86. The summed E-state index contributed by atoms with van der Waals surface area (Å²) in [7, 11) is 0. The number of carbonyl (C=O) groups excluding carboxylic acids is 1. The zero-order chi connectivity index (χ0) is 22.8. The van der Waals surface area contributed by atoms with E-state index in [4.69, 9.17) is 0 Å². The molecule has 1 heterocycles. The van der Waals surface area contributed by atoms with E-state index >= 15 is 0 Å². The Bertz CT molecular complexity index is 941. The van der Waals surface area contributed by atoms with Crippen molar-refractivity contribution in [3.8, 4) is 0 Å². The molecule has 1 amide bonds. The third-order valence-corrected chi connectivity index (χ3v) is 6.05. The number of piperidine rings is 1. The maximum absolute atomic E-state index is 12.2. The second-order valence-electron chi connectivity index (χ2n) is 8.33. The number of nitrogens with one attached hydrogen (secondary N) is 1. The second kappa shape index (κ2) is 12.2. The maximum atomic E-state index is 12.2. The number of likely N-dealkylation sites (tertiary alicyclic amines) is 1. The highest BCUT2D eigenvalue weighted by atomic mass is 16.1. The highest BCUT2D eigenvalue weighted by Gasteiger charge is 2.20. The van der Waals surface area contributed by atoms with Gasteiger partial charge < -0.3 is 5.32 Å². The normalized spacial score (nSPS) is 14.3. The lowest BCUT2D eigenvalue weighted by atomic mass is 9.89. The van der Waals surface area contributed by atoms with Crippen molar-refractivity contribution in [2.75, 3.05) is 13.1 Å². The molecule has 4 rings (SSSR count). The third kappa shape index (κ3) is 6.80. The van der Waals surface area contributed by atoms with Gasteiger partial charge in [0.1, 0.15) is 0 Å². The Morgan fingerprint density at radius 1 is 0.844 bits per heavy atom. The molecule has 0 bridgehead atoms. The number of amides is 1. The first-order chi connectivity index (χ1) is 15.7. The summed E-state index contributed by atoms with van der Waals surface area (Å²) in [6.45, 7) is 10.0. The van der Waals surface area contributed by atoms with E-state index in [-0.39, 0.29) is 5.91 Å². The Labute approximate surface area is 193 Å². The van der Waals surface area contributed by atoms with E-state index in [2.05, 4.69) is 65.7 Å². The van der Waals surface area contributed by atoms with Gasteiger partial charge in [-0.1, -0.05) is 86.1 Å². The average molecular weight is 429 g/mol. The number of aryl methyl sites for hydroxylation is 1. The van der Waals surface area contributed by atoms with Crippen LogP contribution in [-0.4, -0.2) is 23.9 Å². The fraction of sp³-hybridized carbons (Fsp3) is 0.345. The second-order valence-corrected chi connectivity index (χ2v) is 8.33. The first-order valence-electron chi connectivity index (χ1n) is 11.9. The highest BCUT2D eigenvalue weighted by molar-refractivity contribution is 5.94. The van der Waals surface area contributed by atoms with E-state index in [1.54, 1.807) is 0 Å². The zero-order valence-electron chi connectivity index (χ0n) is 19.7. The summed E-state index contributed by atoms with van der Waals surface area (Å²) in [6.07, 6.45) is 2.41. The van der Waals surface area contributed by atoms with Crippen LogP contribution in [0.15, 0.2) is 78.9 Å². The zero-order valence-corrected chi connectivity index (χ0v) is 19.7. The molecule has 32 heavy (non-hydrogen) atoms. The van der Waals surface area contributed by atoms with Crippen molar-refractivity contribution in [2.24, 2.45) is 0 Å². The summed E-state index contributed by atoms with van der Waals surface area (Å²) in [4.78, 5) is 14.8. The summed E-state index contributed by atoms with van der Waals surface area (Å²) in [5.74, 6) is 0.604. The fourth-order valence-corrected chi connectivity index (χ4v) is 4.16. The SMILES string of the molecule is CC.Cc1ccc(CN2CCC(c3ccc(CNC(=O)c4ccccc4)cc3)CC2)cc1. The lowest BCUT2D eigenvalue weighted by molar-refractivity contribution is 0.0951. The topological polar surface area (TPSA) is 32.3 Å². The van der Waals surface area contributed by atoms with Crippen LogP contribution >= 0.6 is 0 Å². The Kier molecular flexibility index (Phi) is 9.06. The van der Waals surface area contributed by atoms with E-state index in [9.17, 15) is 4.79 Å². The molecule has 1 saturated heterocycles. The minimum absolute atomic E-state index is 0.0272. The number of carbonyl (C=O) groups is 1. The Hall–Kier alpha value is -2.91. The van der Waals surface area contributed by atoms with Crippen LogP contribution in [0.3, 0.4) is 0 Å². The predicted molar refractivity (Wildman–Crippen MR) is 134 cm³/mol. The summed E-state index contributed by atoms with van der Waals surface area (Å²) < 4.78 is 0. The molecule has 1 N–H and O–H groups in total. The van der Waals surface area contributed by atoms with Crippen molar-refractivity contribution in [1.29, 1.82) is 0 Å². The van der Waals surface area contributed by atoms with E-state index in [1.165, 1.54) is 29.5 Å². The molecule has 3 aromatic rings. The minimum atomic E-state index is -0.0272. The largest absolute Gasteiger partial charge is 0.348 e. The Balaban J connectivity index is 0.00000141. The van der Waals surface area contributed by atoms with Gasteiger partial charge >= 0.3 is 0 Å². The molecule has 0 aromatic heterocycles. The smallest absolute Gasteiger partial charge is 0.251 e. The molecule has 1 aliphatic rings. The molecule has 3 heteroatoms. The molecule has 0 spiro atoms. The molecule has 3 aromatic carbocycles. The van der Waals surface area contributed by atoms with Crippen LogP contribution in [-0.2, 0) is 13.1 Å². The number of hydrogen-bond donors (Lipinski definition) is 1. The van der Waals surface area contributed by atoms with Gasteiger partial charge in [0.2, 0.25) is 0 Å². The van der Waals surface area contributed by atoms with Crippen molar-refractivity contribution in [3.05, 3.63) is 107 Å². The van der Waals surface area contributed by atoms with Crippen molar-refractivity contribution >= 4 is 5.91 Å². The molecular weight excluding hydrogens is 392 g/mol.